The molecule has 0 radical (unpaired) electrons. The second-order valence-corrected chi connectivity index (χ2v) is 5.88. The van der Waals surface area contributed by atoms with E-state index in [9.17, 15) is 4.79 Å². The Labute approximate surface area is 117 Å². The molecule has 0 spiro atoms. The molecule has 1 aliphatic rings. The van der Waals surface area contributed by atoms with Crippen LogP contribution in [-0.4, -0.2) is 45.0 Å². The molecule has 1 saturated heterocycles. The van der Waals surface area contributed by atoms with Crippen LogP contribution < -0.4 is 5.73 Å². The number of aromatic nitrogens is 3. The fourth-order valence-electron chi connectivity index (χ4n) is 2.68. The van der Waals surface area contributed by atoms with Gasteiger partial charge in [0.25, 0.3) is 5.91 Å². The zero-order chi connectivity index (χ0) is 14.3. The lowest BCUT2D eigenvalue weighted by Gasteiger charge is -2.22. The molecule has 2 aromatic heterocycles. The molecule has 106 valence electrons. The zero-order valence-corrected chi connectivity index (χ0v) is 11.8. The molecule has 0 aliphatic carbocycles. The van der Waals surface area contributed by atoms with Gasteiger partial charge >= 0.3 is 0 Å². The number of nitrogens with zero attached hydrogens (tertiary/aromatic N) is 4. The summed E-state index contributed by atoms with van der Waals surface area (Å²) in [4.78, 5) is 14.4. The van der Waals surface area contributed by atoms with Crippen LogP contribution in [0.4, 0.5) is 0 Å². The molecule has 1 atom stereocenters. The van der Waals surface area contributed by atoms with Gasteiger partial charge < -0.3 is 10.6 Å². The minimum absolute atomic E-state index is 0.0479. The lowest BCUT2D eigenvalue weighted by Crippen LogP contribution is -2.34. The Morgan fingerprint density at radius 2 is 2.25 bits per heavy atom. The number of aryl methyl sites for hydroxylation is 1. The molecule has 6 heteroatoms. The van der Waals surface area contributed by atoms with Crippen molar-refractivity contribution in [3.63, 3.8) is 0 Å². The molecule has 1 fully saturated rings. The molecule has 0 aromatic carbocycles. The first-order valence-electron chi connectivity index (χ1n) is 6.83. The van der Waals surface area contributed by atoms with E-state index in [1.54, 1.807) is 0 Å². The van der Waals surface area contributed by atoms with Gasteiger partial charge in [-0.15, -0.1) is 10.2 Å². The fraction of sp³-hybridized carbons (Fsp3) is 0.500. The first-order valence-corrected chi connectivity index (χ1v) is 6.83. The first-order chi connectivity index (χ1) is 9.52. The van der Waals surface area contributed by atoms with Crippen molar-refractivity contribution < 1.29 is 4.79 Å². The van der Waals surface area contributed by atoms with Gasteiger partial charge in [-0.3, -0.25) is 9.20 Å². The normalized spacial score (nSPS) is 22.6. The summed E-state index contributed by atoms with van der Waals surface area (Å²) >= 11 is 0. The van der Waals surface area contributed by atoms with Crippen LogP contribution in [0.1, 0.15) is 29.5 Å². The van der Waals surface area contributed by atoms with E-state index in [1.165, 1.54) is 0 Å². The van der Waals surface area contributed by atoms with Crippen molar-refractivity contribution in [1.82, 2.24) is 19.5 Å². The number of likely N-dealkylation sites (tertiary alicyclic amines) is 1. The Kier molecular flexibility index (Phi) is 2.97. The Balaban J connectivity index is 1.87. The zero-order valence-electron chi connectivity index (χ0n) is 11.8. The Hall–Kier alpha value is -1.95. The molecule has 1 amide bonds. The van der Waals surface area contributed by atoms with Gasteiger partial charge in [0.2, 0.25) is 0 Å². The van der Waals surface area contributed by atoms with Crippen molar-refractivity contribution in [2.75, 3.05) is 19.6 Å². The smallest absolute Gasteiger partial charge is 0.255 e. The predicted octanol–water partition coefficient (Wildman–Crippen LogP) is 0.849. The topological polar surface area (TPSA) is 76.5 Å². The lowest BCUT2D eigenvalue weighted by atomic mass is 9.90. The van der Waals surface area contributed by atoms with Crippen LogP contribution in [0.3, 0.4) is 0 Å². The summed E-state index contributed by atoms with van der Waals surface area (Å²) in [5, 5.41) is 8.03. The maximum atomic E-state index is 12.6. The average molecular weight is 273 g/mol. The van der Waals surface area contributed by atoms with E-state index < -0.39 is 0 Å². The van der Waals surface area contributed by atoms with E-state index in [2.05, 4.69) is 17.1 Å². The maximum absolute atomic E-state index is 12.6. The molecule has 1 unspecified atom stereocenters. The van der Waals surface area contributed by atoms with Crippen LogP contribution in [0, 0.1) is 12.3 Å². The second kappa shape index (κ2) is 4.56. The molecule has 3 heterocycles. The number of fused-ring (bicyclic) bond motifs is 1. The molecule has 2 aromatic rings. The van der Waals surface area contributed by atoms with Crippen LogP contribution in [0.5, 0.6) is 0 Å². The molecular weight excluding hydrogens is 254 g/mol. The number of rotatable bonds is 2. The summed E-state index contributed by atoms with van der Waals surface area (Å²) < 4.78 is 1.84. The quantitative estimate of drug-likeness (QED) is 0.880. The van der Waals surface area contributed by atoms with Gasteiger partial charge in [0.05, 0.1) is 5.56 Å². The van der Waals surface area contributed by atoms with Gasteiger partial charge in [0, 0.05) is 19.3 Å². The third-order valence-electron chi connectivity index (χ3n) is 4.16. The SMILES string of the molecule is Cc1nnc2ccc(C(=O)N3CCC(C)(CN)C3)cn12. The van der Waals surface area contributed by atoms with Crippen molar-refractivity contribution >= 4 is 11.6 Å². The van der Waals surface area contributed by atoms with Gasteiger partial charge in [-0.2, -0.15) is 0 Å². The van der Waals surface area contributed by atoms with E-state index in [0.29, 0.717) is 12.1 Å². The Morgan fingerprint density at radius 1 is 1.45 bits per heavy atom. The predicted molar refractivity (Wildman–Crippen MR) is 75.4 cm³/mol. The highest BCUT2D eigenvalue weighted by Gasteiger charge is 2.35. The number of carbonyl (C=O) groups excluding carboxylic acids is 1. The molecule has 0 bridgehead atoms. The third kappa shape index (κ3) is 2.06. The van der Waals surface area contributed by atoms with Crippen LogP contribution in [-0.2, 0) is 0 Å². The summed E-state index contributed by atoms with van der Waals surface area (Å²) in [7, 11) is 0. The number of hydrogen-bond donors (Lipinski definition) is 1. The Morgan fingerprint density at radius 3 is 2.95 bits per heavy atom. The Bertz CT molecular complexity index is 665. The van der Waals surface area contributed by atoms with Crippen LogP contribution in [0.2, 0.25) is 0 Å². The molecule has 2 N–H and O–H groups in total. The van der Waals surface area contributed by atoms with Crippen molar-refractivity contribution in [3.05, 3.63) is 29.7 Å². The van der Waals surface area contributed by atoms with Crippen molar-refractivity contribution in [2.24, 2.45) is 11.1 Å². The summed E-state index contributed by atoms with van der Waals surface area (Å²) in [5.74, 6) is 0.833. The highest BCUT2D eigenvalue weighted by atomic mass is 16.2. The molecule has 6 nitrogen and oxygen atoms in total. The monoisotopic (exact) mass is 273 g/mol. The first kappa shape index (κ1) is 13.1. The summed E-state index contributed by atoms with van der Waals surface area (Å²) in [6.07, 6.45) is 2.77. The largest absolute Gasteiger partial charge is 0.338 e. The van der Waals surface area contributed by atoms with Crippen LogP contribution in [0.15, 0.2) is 18.3 Å². The second-order valence-electron chi connectivity index (χ2n) is 5.88. The summed E-state index contributed by atoms with van der Waals surface area (Å²) in [6.45, 7) is 6.11. The molecular formula is C14H19N5O. The number of nitrogens with two attached hydrogens (primary N) is 1. The van der Waals surface area contributed by atoms with Gasteiger partial charge in [0.1, 0.15) is 5.82 Å². The minimum Gasteiger partial charge on any atom is -0.338 e. The van der Waals surface area contributed by atoms with E-state index in [-0.39, 0.29) is 11.3 Å². The van der Waals surface area contributed by atoms with Gasteiger partial charge in [-0.05, 0) is 37.4 Å². The molecule has 1 aliphatic heterocycles. The van der Waals surface area contributed by atoms with Crippen LogP contribution >= 0.6 is 0 Å². The molecule has 20 heavy (non-hydrogen) atoms. The highest BCUT2D eigenvalue weighted by molar-refractivity contribution is 5.94. The fourth-order valence-corrected chi connectivity index (χ4v) is 2.68. The molecule has 3 rings (SSSR count). The minimum atomic E-state index is 0.0479. The maximum Gasteiger partial charge on any atom is 0.255 e. The number of hydrogen-bond acceptors (Lipinski definition) is 4. The van der Waals surface area contributed by atoms with Crippen molar-refractivity contribution in [2.45, 2.75) is 20.3 Å². The standard InChI is InChI=1S/C14H19N5O/c1-10-16-17-12-4-3-11(7-19(10)12)13(20)18-6-5-14(2,8-15)9-18/h3-4,7H,5-6,8-9,15H2,1-2H3. The van der Waals surface area contributed by atoms with E-state index in [4.69, 9.17) is 5.73 Å². The van der Waals surface area contributed by atoms with Gasteiger partial charge in [0.15, 0.2) is 5.65 Å². The third-order valence-corrected chi connectivity index (χ3v) is 4.16. The number of amides is 1. The summed E-state index contributed by atoms with van der Waals surface area (Å²) in [6, 6.07) is 3.63. The van der Waals surface area contributed by atoms with Gasteiger partial charge in [-0.25, -0.2) is 0 Å². The van der Waals surface area contributed by atoms with Crippen molar-refractivity contribution in [3.8, 4) is 0 Å². The van der Waals surface area contributed by atoms with Crippen molar-refractivity contribution in [1.29, 1.82) is 0 Å². The number of pyridine rings is 1. The van der Waals surface area contributed by atoms with E-state index in [0.717, 1.165) is 31.0 Å². The average Bonchev–Trinajstić information content (AvgIpc) is 3.03. The van der Waals surface area contributed by atoms with E-state index in [1.807, 2.05) is 34.6 Å². The van der Waals surface area contributed by atoms with Crippen LogP contribution in [0.25, 0.3) is 5.65 Å². The highest BCUT2D eigenvalue weighted by Crippen LogP contribution is 2.29. The lowest BCUT2D eigenvalue weighted by molar-refractivity contribution is 0.0776. The molecule has 0 saturated carbocycles. The number of carbonyl (C=O) groups is 1. The summed E-state index contributed by atoms with van der Waals surface area (Å²) in [5.41, 5.74) is 7.26. The van der Waals surface area contributed by atoms with E-state index >= 15 is 0 Å². The van der Waals surface area contributed by atoms with Gasteiger partial charge in [-0.1, -0.05) is 6.92 Å².